The number of carbonyl (C=O) groups excluding carboxylic acids is 1. The Hall–Kier alpha value is -1.36. The summed E-state index contributed by atoms with van der Waals surface area (Å²) in [5.74, 6) is -0.803. The first-order valence-electron chi connectivity index (χ1n) is 7.15. The van der Waals surface area contributed by atoms with E-state index in [1.54, 1.807) is 11.3 Å². The van der Waals surface area contributed by atoms with Crippen LogP contribution in [0.25, 0.3) is 0 Å². The predicted octanol–water partition coefficient (Wildman–Crippen LogP) is 2.83. The van der Waals surface area contributed by atoms with Gasteiger partial charge in [0.05, 0.1) is 5.41 Å². The maximum Gasteiger partial charge on any atom is 0.311 e. The Bertz CT molecular complexity index is 452. The average Bonchev–Trinajstić information content (AvgIpc) is 3.05. The van der Waals surface area contributed by atoms with Crippen LogP contribution in [0.1, 0.15) is 43.4 Å². The van der Waals surface area contributed by atoms with Gasteiger partial charge in [-0.05, 0) is 43.6 Å². The van der Waals surface area contributed by atoms with E-state index >= 15 is 0 Å². The fraction of sp³-hybridized carbons (Fsp3) is 0.600. The van der Waals surface area contributed by atoms with Crippen LogP contribution in [-0.2, 0) is 16.0 Å². The summed E-state index contributed by atoms with van der Waals surface area (Å²) in [5, 5.41) is 13.8. The topological polar surface area (TPSA) is 66.4 Å². The fourth-order valence-electron chi connectivity index (χ4n) is 2.19. The van der Waals surface area contributed by atoms with Gasteiger partial charge in [-0.1, -0.05) is 12.5 Å². The summed E-state index contributed by atoms with van der Waals surface area (Å²) in [4.78, 5) is 24.0. The maximum atomic E-state index is 11.6. The van der Waals surface area contributed by atoms with E-state index in [2.05, 4.69) is 22.8 Å². The molecule has 2 rings (SSSR count). The van der Waals surface area contributed by atoms with Gasteiger partial charge in [-0.15, -0.1) is 11.3 Å². The molecule has 1 aromatic heterocycles. The van der Waals surface area contributed by atoms with E-state index in [1.165, 1.54) is 4.88 Å². The highest BCUT2D eigenvalue weighted by molar-refractivity contribution is 7.09. The van der Waals surface area contributed by atoms with Gasteiger partial charge in [0.2, 0.25) is 5.91 Å². The van der Waals surface area contributed by atoms with E-state index < -0.39 is 11.4 Å². The lowest BCUT2D eigenvalue weighted by atomic mass is 10.1. The normalized spacial score (nSPS) is 15.8. The number of nitrogens with one attached hydrogen (secondary N) is 1. The Kier molecular flexibility index (Phi) is 5.17. The lowest BCUT2D eigenvalue weighted by molar-refractivity contribution is -0.143. The van der Waals surface area contributed by atoms with Crippen LogP contribution in [0.3, 0.4) is 0 Å². The molecule has 0 unspecified atom stereocenters. The molecule has 0 saturated heterocycles. The molecule has 0 spiro atoms. The first kappa shape index (κ1) is 15.0. The molecule has 110 valence electrons. The summed E-state index contributed by atoms with van der Waals surface area (Å²) in [5.41, 5.74) is -0.658. The third-order valence-electron chi connectivity index (χ3n) is 3.84. The van der Waals surface area contributed by atoms with Crippen LogP contribution >= 0.6 is 11.3 Å². The van der Waals surface area contributed by atoms with Gasteiger partial charge in [-0.3, -0.25) is 9.59 Å². The minimum absolute atomic E-state index is 0.0198. The van der Waals surface area contributed by atoms with E-state index in [0.29, 0.717) is 19.3 Å². The standard InChI is InChI=1S/C15H21NO3S/c17-13(16-11-15(8-9-15)14(18)19)7-3-1-2-5-12-6-4-10-20-12/h4,6,10H,1-3,5,7-9,11H2,(H,16,17)(H,18,19). The van der Waals surface area contributed by atoms with E-state index in [9.17, 15) is 9.59 Å². The number of carboxylic acids is 1. The minimum Gasteiger partial charge on any atom is -0.481 e. The van der Waals surface area contributed by atoms with Crippen molar-refractivity contribution >= 4 is 23.2 Å². The molecular formula is C15H21NO3S. The lowest BCUT2D eigenvalue weighted by Gasteiger charge is -2.10. The first-order chi connectivity index (χ1) is 9.62. The third kappa shape index (κ3) is 4.34. The molecule has 1 amide bonds. The van der Waals surface area contributed by atoms with Gasteiger partial charge in [-0.25, -0.2) is 0 Å². The number of carboxylic acid groups (broad SMARTS) is 1. The van der Waals surface area contributed by atoms with Crippen LogP contribution in [-0.4, -0.2) is 23.5 Å². The summed E-state index contributed by atoms with van der Waals surface area (Å²) >= 11 is 1.77. The van der Waals surface area contributed by atoms with Gasteiger partial charge in [0.15, 0.2) is 0 Å². The molecule has 1 aromatic rings. The van der Waals surface area contributed by atoms with Gasteiger partial charge >= 0.3 is 5.97 Å². The number of thiophene rings is 1. The van der Waals surface area contributed by atoms with Gasteiger partial charge in [-0.2, -0.15) is 0 Å². The molecule has 0 aliphatic heterocycles. The summed E-state index contributed by atoms with van der Waals surface area (Å²) in [6.07, 6.45) is 5.97. The van der Waals surface area contributed by atoms with Crippen molar-refractivity contribution in [1.29, 1.82) is 0 Å². The third-order valence-corrected chi connectivity index (χ3v) is 4.77. The van der Waals surface area contributed by atoms with Crippen molar-refractivity contribution < 1.29 is 14.7 Å². The molecule has 1 fully saturated rings. The van der Waals surface area contributed by atoms with Crippen LogP contribution in [0.2, 0.25) is 0 Å². The number of aryl methyl sites for hydroxylation is 1. The highest BCUT2D eigenvalue weighted by atomic mass is 32.1. The fourth-order valence-corrected chi connectivity index (χ4v) is 2.94. The molecule has 20 heavy (non-hydrogen) atoms. The van der Waals surface area contributed by atoms with Gasteiger partial charge in [0.1, 0.15) is 0 Å². The monoisotopic (exact) mass is 295 g/mol. The Morgan fingerprint density at radius 1 is 1.30 bits per heavy atom. The van der Waals surface area contributed by atoms with Crippen LogP contribution in [0.4, 0.5) is 0 Å². The number of aliphatic carboxylic acids is 1. The Morgan fingerprint density at radius 3 is 2.70 bits per heavy atom. The van der Waals surface area contributed by atoms with Gasteiger partial charge in [0, 0.05) is 17.8 Å². The van der Waals surface area contributed by atoms with Gasteiger partial charge < -0.3 is 10.4 Å². The molecule has 1 aliphatic rings. The zero-order chi connectivity index (χ0) is 14.4. The van der Waals surface area contributed by atoms with Crippen LogP contribution < -0.4 is 5.32 Å². The summed E-state index contributed by atoms with van der Waals surface area (Å²) in [7, 11) is 0. The quantitative estimate of drug-likeness (QED) is 0.688. The van der Waals surface area contributed by atoms with Crippen molar-refractivity contribution in [3.63, 3.8) is 0 Å². The largest absolute Gasteiger partial charge is 0.481 e. The zero-order valence-electron chi connectivity index (χ0n) is 11.6. The number of hydrogen-bond acceptors (Lipinski definition) is 3. The molecule has 1 heterocycles. The SMILES string of the molecule is O=C(CCCCCc1cccs1)NCC1(C(=O)O)CC1. The average molecular weight is 295 g/mol. The van der Waals surface area contributed by atoms with Crippen LogP contribution in [0.15, 0.2) is 17.5 Å². The molecule has 0 radical (unpaired) electrons. The number of rotatable bonds is 9. The predicted molar refractivity (Wildman–Crippen MR) is 78.8 cm³/mol. The molecule has 4 nitrogen and oxygen atoms in total. The van der Waals surface area contributed by atoms with Crippen molar-refractivity contribution in [1.82, 2.24) is 5.32 Å². The van der Waals surface area contributed by atoms with Crippen molar-refractivity contribution in [2.24, 2.45) is 5.41 Å². The second kappa shape index (κ2) is 6.88. The molecular weight excluding hydrogens is 274 g/mol. The molecule has 2 N–H and O–H groups in total. The number of unbranched alkanes of at least 4 members (excludes halogenated alkanes) is 2. The minimum atomic E-state index is -0.784. The highest BCUT2D eigenvalue weighted by Crippen LogP contribution is 2.45. The van der Waals surface area contributed by atoms with Crippen molar-refractivity contribution in [3.8, 4) is 0 Å². The first-order valence-corrected chi connectivity index (χ1v) is 8.03. The molecule has 0 atom stereocenters. The summed E-state index contributed by atoms with van der Waals surface area (Å²) in [6.45, 7) is 0.288. The Morgan fingerprint density at radius 2 is 2.10 bits per heavy atom. The molecule has 0 bridgehead atoms. The van der Waals surface area contributed by atoms with Gasteiger partial charge in [0.25, 0.3) is 0 Å². The smallest absolute Gasteiger partial charge is 0.311 e. The van der Waals surface area contributed by atoms with E-state index in [-0.39, 0.29) is 12.5 Å². The van der Waals surface area contributed by atoms with E-state index in [0.717, 1.165) is 25.7 Å². The number of carbonyl (C=O) groups is 2. The number of amides is 1. The second-order valence-corrected chi connectivity index (χ2v) is 6.53. The maximum absolute atomic E-state index is 11.6. The van der Waals surface area contributed by atoms with Crippen molar-refractivity contribution in [2.45, 2.75) is 44.9 Å². The Labute approximate surface area is 123 Å². The van der Waals surface area contributed by atoms with E-state index in [1.807, 2.05) is 0 Å². The molecule has 1 aliphatic carbocycles. The number of hydrogen-bond donors (Lipinski definition) is 2. The summed E-state index contributed by atoms with van der Waals surface area (Å²) in [6, 6.07) is 4.20. The molecule has 5 heteroatoms. The Balaban J connectivity index is 1.51. The van der Waals surface area contributed by atoms with Crippen molar-refractivity contribution in [2.75, 3.05) is 6.54 Å². The molecule has 1 saturated carbocycles. The van der Waals surface area contributed by atoms with Crippen molar-refractivity contribution in [3.05, 3.63) is 22.4 Å². The lowest BCUT2D eigenvalue weighted by Crippen LogP contribution is -2.34. The van der Waals surface area contributed by atoms with Crippen LogP contribution in [0, 0.1) is 5.41 Å². The van der Waals surface area contributed by atoms with Crippen LogP contribution in [0.5, 0.6) is 0 Å². The van der Waals surface area contributed by atoms with E-state index in [4.69, 9.17) is 5.11 Å². The second-order valence-electron chi connectivity index (χ2n) is 5.50. The molecule has 0 aromatic carbocycles. The highest BCUT2D eigenvalue weighted by Gasteiger charge is 2.50. The zero-order valence-corrected chi connectivity index (χ0v) is 12.4. The summed E-state index contributed by atoms with van der Waals surface area (Å²) < 4.78 is 0.